The van der Waals surface area contributed by atoms with Crippen molar-refractivity contribution in [3.63, 3.8) is 0 Å². The Hall–Kier alpha value is -2.18. The van der Waals surface area contributed by atoms with E-state index in [0.717, 1.165) is 25.1 Å². The highest BCUT2D eigenvalue weighted by molar-refractivity contribution is 7.89. The quantitative estimate of drug-likeness (QED) is 0.677. The summed E-state index contributed by atoms with van der Waals surface area (Å²) in [4.78, 5) is 0.0772. The number of nitrogens with one attached hydrogen (secondary N) is 1. The smallest absolute Gasteiger partial charge is 0.240 e. The van der Waals surface area contributed by atoms with E-state index in [0.29, 0.717) is 6.42 Å². The van der Waals surface area contributed by atoms with Gasteiger partial charge in [-0.3, -0.25) is 0 Å². The fraction of sp³-hybridized carbons (Fsp3) is 0.300. The Labute approximate surface area is 153 Å². The summed E-state index contributed by atoms with van der Waals surface area (Å²) in [5.41, 5.74) is 2.42. The van der Waals surface area contributed by atoms with Gasteiger partial charge in [0, 0.05) is 29.7 Å². The molecule has 26 heavy (non-hydrogen) atoms. The zero-order valence-electron chi connectivity index (χ0n) is 14.9. The van der Waals surface area contributed by atoms with Crippen LogP contribution in [0.1, 0.15) is 25.8 Å². The molecule has 0 unspecified atom stereocenters. The number of benzene rings is 2. The zero-order chi connectivity index (χ0) is 18.7. The van der Waals surface area contributed by atoms with E-state index >= 15 is 0 Å². The van der Waals surface area contributed by atoms with E-state index in [4.69, 9.17) is 0 Å². The molecule has 0 aliphatic carbocycles. The van der Waals surface area contributed by atoms with Gasteiger partial charge in [-0.05, 0) is 62.6 Å². The van der Waals surface area contributed by atoms with Gasteiger partial charge in [-0.2, -0.15) is 0 Å². The van der Waals surface area contributed by atoms with Crippen LogP contribution in [0.3, 0.4) is 0 Å². The molecule has 0 aliphatic rings. The predicted molar refractivity (Wildman–Crippen MR) is 102 cm³/mol. The first-order chi connectivity index (χ1) is 12.4. The molecular weight excluding hydrogens is 351 g/mol. The van der Waals surface area contributed by atoms with Crippen LogP contribution in [-0.2, 0) is 23.0 Å². The van der Waals surface area contributed by atoms with Gasteiger partial charge in [-0.25, -0.2) is 17.5 Å². The van der Waals surface area contributed by atoms with Crippen molar-refractivity contribution in [3.8, 4) is 0 Å². The van der Waals surface area contributed by atoms with Crippen molar-refractivity contribution < 1.29 is 12.8 Å². The molecule has 6 heteroatoms. The number of aryl methyl sites for hydroxylation is 2. The third kappa shape index (κ3) is 3.97. The molecule has 4 nitrogen and oxygen atoms in total. The standard InChI is InChI=1S/C20H23FN2O2S/c1-3-23-14-16(19-6-4-5-7-20(19)23)9-8-15(2)22-26(24,25)18-12-10-17(21)11-13-18/h4-7,10-15,22H,3,8-9H2,1-2H3/t15-/m0/s1. The number of halogens is 1. The molecule has 0 fully saturated rings. The second kappa shape index (κ2) is 7.60. The van der Waals surface area contributed by atoms with Crippen LogP contribution in [0, 0.1) is 5.82 Å². The summed E-state index contributed by atoms with van der Waals surface area (Å²) in [6.07, 6.45) is 3.60. The molecule has 1 heterocycles. The van der Waals surface area contributed by atoms with Crippen LogP contribution in [0.2, 0.25) is 0 Å². The monoisotopic (exact) mass is 374 g/mol. The van der Waals surface area contributed by atoms with E-state index in [2.05, 4.69) is 34.5 Å². The van der Waals surface area contributed by atoms with Crippen LogP contribution in [0.5, 0.6) is 0 Å². The Balaban J connectivity index is 1.69. The van der Waals surface area contributed by atoms with Crippen molar-refractivity contribution in [2.45, 2.75) is 44.2 Å². The van der Waals surface area contributed by atoms with Gasteiger partial charge in [0.1, 0.15) is 5.82 Å². The molecule has 3 rings (SSSR count). The van der Waals surface area contributed by atoms with Crippen molar-refractivity contribution in [2.24, 2.45) is 0 Å². The second-order valence-corrected chi connectivity index (χ2v) is 8.19. The van der Waals surface area contributed by atoms with Gasteiger partial charge in [0.2, 0.25) is 10.0 Å². The molecule has 0 spiro atoms. The third-order valence-corrected chi connectivity index (χ3v) is 6.14. The first-order valence-corrected chi connectivity index (χ1v) is 10.2. The van der Waals surface area contributed by atoms with Gasteiger partial charge in [0.05, 0.1) is 4.90 Å². The Morgan fingerprint density at radius 1 is 1.12 bits per heavy atom. The first kappa shape index (κ1) is 18.6. The van der Waals surface area contributed by atoms with Crippen molar-refractivity contribution in [3.05, 3.63) is 66.1 Å². The van der Waals surface area contributed by atoms with Crippen molar-refractivity contribution in [1.82, 2.24) is 9.29 Å². The summed E-state index contributed by atoms with van der Waals surface area (Å²) in [7, 11) is -3.64. The van der Waals surface area contributed by atoms with Gasteiger partial charge < -0.3 is 4.57 Å². The molecule has 0 bridgehead atoms. The van der Waals surface area contributed by atoms with E-state index in [1.54, 1.807) is 0 Å². The van der Waals surface area contributed by atoms with Gasteiger partial charge in [-0.15, -0.1) is 0 Å². The first-order valence-electron chi connectivity index (χ1n) is 8.75. The number of hydrogen-bond acceptors (Lipinski definition) is 2. The second-order valence-electron chi connectivity index (χ2n) is 6.47. The molecule has 0 saturated carbocycles. The fourth-order valence-corrected chi connectivity index (χ4v) is 4.44. The minimum atomic E-state index is -3.64. The molecule has 138 valence electrons. The van der Waals surface area contributed by atoms with Crippen LogP contribution in [0.15, 0.2) is 59.6 Å². The summed E-state index contributed by atoms with van der Waals surface area (Å²) >= 11 is 0. The molecule has 0 aliphatic heterocycles. The maximum Gasteiger partial charge on any atom is 0.240 e. The molecule has 1 aromatic heterocycles. The highest BCUT2D eigenvalue weighted by Crippen LogP contribution is 2.23. The van der Waals surface area contributed by atoms with Crippen molar-refractivity contribution in [2.75, 3.05) is 0 Å². The minimum Gasteiger partial charge on any atom is -0.347 e. The van der Waals surface area contributed by atoms with Gasteiger partial charge in [0.15, 0.2) is 0 Å². The van der Waals surface area contributed by atoms with Gasteiger partial charge >= 0.3 is 0 Å². The fourth-order valence-electron chi connectivity index (χ4n) is 3.16. The van der Waals surface area contributed by atoms with Gasteiger partial charge in [0.25, 0.3) is 0 Å². The van der Waals surface area contributed by atoms with Gasteiger partial charge in [-0.1, -0.05) is 18.2 Å². The maximum atomic E-state index is 13.0. The molecule has 2 aromatic carbocycles. The van der Waals surface area contributed by atoms with Crippen LogP contribution in [0.25, 0.3) is 10.9 Å². The third-order valence-electron chi connectivity index (χ3n) is 4.54. The Kier molecular flexibility index (Phi) is 5.44. The average molecular weight is 374 g/mol. The van der Waals surface area contributed by atoms with Crippen LogP contribution in [0.4, 0.5) is 4.39 Å². The lowest BCUT2D eigenvalue weighted by Crippen LogP contribution is -2.32. The summed E-state index contributed by atoms with van der Waals surface area (Å²) in [6, 6.07) is 12.9. The number of para-hydroxylation sites is 1. The Morgan fingerprint density at radius 2 is 1.81 bits per heavy atom. The van der Waals surface area contributed by atoms with E-state index in [1.807, 2.05) is 19.1 Å². The average Bonchev–Trinajstić information content (AvgIpc) is 2.98. The number of nitrogens with zero attached hydrogens (tertiary/aromatic N) is 1. The predicted octanol–water partition coefficient (Wildman–Crippen LogP) is 4.10. The van der Waals surface area contributed by atoms with E-state index in [-0.39, 0.29) is 10.9 Å². The molecule has 0 radical (unpaired) electrons. The number of sulfonamides is 1. The van der Waals surface area contributed by atoms with Crippen LogP contribution in [-0.4, -0.2) is 19.0 Å². The molecular formula is C20H23FN2O2S. The number of hydrogen-bond donors (Lipinski definition) is 1. The molecule has 1 N–H and O–H groups in total. The topological polar surface area (TPSA) is 51.1 Å². The van der Waals surface area contributed by atoms with E-state index < -0.39 is 15.8 Å². The number of aromatic nitrogens is 1. The summed E-state index contributed by atoms with van der Waals surface area (Å²) in [5.74, 6) is -0.454. The van der Waals surface area contributed by atoms with E-state index in [1.165, 1.54) is 28.6 Å². The van der Waals surface area contributed by atoms with E-state index in [9.17, 15) is 12.8 Å². The molecule has 3 aromatic rings. The molecule has 1 atom stereocenters. The SMILES string of the molecule is CCn1cc(CC[C@H](C)NS(=O)(=O)c2ccc(F)cc2)c2ccccc21. The van der Waals surface area contributed by atoms with Crippen molar-refractivity contribution >= 4 is 20.9 Å². The highest BCUT2D eigenvalue weighted by Gasteiger charge is 2.18. The number of rotatable bonds is 7. The zero-order valence-corrected chi connectivity index (χ0v) is 15.8. The van der Waals surface area contributed by atoms with Crippen molar-refractivity contribution in [1.29, 1.82) is 0 Å². The lowest BCUT2D eigenvalue weighted by atomic mass is 10.1. The lowest BCUT2D eigenvalue weighted by Gasteiger charge is -2.14. The number of fused-ring (bicyclic) bond motifs is 1. The van der Waals surface area contributed by atoms with Crippen LogP contribution < -0.4 is 4.72 Å². The summed E-state index contributed by atoms with van der Waals surface area (Å²) in [5, 5.41) is 1.21. The lowest BCUT2D eigenvalue weighted by molar-refractivity contribution is 0.546. The highest BCUT2D eigenvalue weighted by atomic mass is 32.2. The largest absolute Gasteiger partial charge is 0.347 e. The summed E-state index contributed by atoms with van der Waals surface area (Å²) < 4.78 is 42.6. The minimum absolute atomic E-state index is 0.0772. The normalized spacial score (nSPS) is 13.2. The van der Waals surface area contributed by atoms with Crippen LogP contribution >= 0.6 is 0 Å². The summed E-state index contributed by atoms with van der Waals surface area (Å²) in [6.45, 7) is 4.85. The molecule has 0 amide bonds. The Bertz CT molecular complexity index is 994. The molecule has 0 saturated heterocycles. The maximum absolute atomic E-state index is 13.0. The Morgan fingerprint density at radius 3 is 2.50 bits per heavy atom.